The van der Waals surface area contributed by atoms with Gasteiger partial charge in [0.25, 0.3) is 0 Å². The fourth-order valence-electron chi connectivity index (χ4n) is 3.21. The van der Waals surface area contributed by atoms with Crippen molar-refractivity contribution in [3.63, 3.8) is 0 Å². The third-order valence-corrected chi connectivity index (χ3v) is 4.67. The Morgan fingerprint density at radius 1 is 1.25 bits per heavy atom. The Morgan fingerprint density at radius 2 is 1.95 bits per heavy atom. The lowest BCUT2D eigenvalue weighted by atomic mass is 9.64. The van der Waals surface area contributed by atoms with E-state index in [1.54, 1.807) is 0 Å². The van der Waals surface area contributed by atoms with Crippen LogP contribution in [0, 0.1) is 5.92 Å². The molecule has 0 aromatic heterocycles. The number of Topliss-reactive ketones (excluding diaryl/α,β-unsaturated/α-hetero) is 1. The van der Waals surface area contributed by atoms with E-state index >= 15 is 0 Å². The van der Waals surface area contributed by atoms with Crippen molar-refractivity contribution in [1.82, 2.24) is 0 Å². The number of nitrogens with zero attached hydrogens (tertiary/aromatic N) is 1. The molecule has 1 aromatic carbocycles. The quantitative estimate of drug-likeness (QED) is 0.785. The lowest BCUT2D eigenvalue weighted by Gasteiger charge is -2.39. The van der Waals surface area contributed by atoms with Gasteiger partial charge in [-0.25, -0.2) is 4.99 Å². The molecule has 3 nitrogen and oxygen atoms in total. The highest BCUT2D eigenvalue weighted by Gasteiger charge is 2.48. The van der Waals surface area contributed by atoms with Crippen molar-refractivity contribution in [1.29, 1.82) is 0 Å². The second-order valence-electron chi connectivity index (χ2n) is 6.79. The maximum Gasteiger partial charge on any atom is 0.194 e. The Hall–Kier alpha value is -1.64. The van der Waals surface area contributed by atoms with Crippen molar-refractivity contribution in [3.05, 3.63) is 35.4 Å². The normalized spacial score (nSPS) is 31.5. The number of fused-ring (bicyclic) bond motifs is 1. The monoisotopic (exact) mass is 271 g/mol. The molecule has 106 valence electrons. The molecule has 2 aliphatic rings. The molecule has 1 aliphatic heterocycles. The maximum atomic E-state index is 12.2. The third-order valence-electron chi connectivity index (χ3n) is 4.67. The molecule has 0 N–H and O–H groups in total. The van der Waals surface area contributed by atoms with E-state index in [-0.39, 0.29) is 22.7 Å². The smallest absolute Gasteiger partial charge is 0.194 e. The molecule has 0 saturated heterocycles. The van der Waals surface area contributed by atoms with Gasteiger partial charge >= 0.3 is 0 Å². The molecule has 0 fully saturated rings. The van der Waals surface area contributed by atoms with Crippen molar-refractivity contribution in [2.75, 3.05) is 6.61 Å². The number of aliphatic imine (C=N–C) groups is 1. The maximum absolute atomic E-state index is 12.2. The van der Waals surface area contributed by atoms with E-state index in [1.165, 1.54) is 0 Å². The zero-order valence-electron chi connectivity index (χ0n) is 12.6. The van der Waals surface area contributed by atoms with E-state index in [0.29, 0.717) is 13.0 Å². The number of carbonyl (C=O) groups excluding carboxylic acids is 1. The molecule has 0 spiro atoms. The van der Waals surface area contributed by atoms with Crippen LogP contribution in [0.5, 0.6) is 0 Å². The minimum absolute atomic E-state index is 0.172. The van der Waals surface area contributed by atoms with Crippen molar-refractivity contribution < 1.29 is 9.53 Å². The van der Waals surface area contributed by atoms with E-state index < -0.39 is 0 Å². The number of carbonyl (C=O) groups is 1. The van der Waals surface area contributed by atoms with Crippen molar-refractivity contribution in [3.8, 4) is 0 Å². The van der Waals surface area contributed by atoms with Gasteiger partial charge in [0.15, 0.2) is 11.7 Å². The minimum atomic E-state index is -0.307. The van der Waals surface area contributed by atoms with Crippen molar-refractivity contribution in [2.45, 2.75) is 45.1 Å². The Morgan fingerprint density at radius 3 is 2.60 bits per heavy atom. The van der Waals surface area contributed by atoms with Crippen LogP contribution in [0.25, 0.3) is 0 Å². The lowest BCUT2D eigenvalue weighted by molar-refractivity contribution is 0.0928. The average Bonchev–Trinajstić information content (AvgIpc) is 2.77. The molecule has 1 heterocycles. The van der Waals surface area contributed by atoms with Crippen LogP contribution in [-0.2, 0) is 10.2 Å². The van der Waals surface area contributed by atoms with Gasteiger partial charge in [-0.2, -0.15) is 0 Å². The zero-order valence-corrected chi connectivity index (χ0v) is 12.6. The van der Waals surface area contributed by atoms with Gasteiger partial charge in [0, 0.05) is 12.0 Å². The highest BCUT2D eigenvalue weighted by atomic mass is 16.5. The highest BCUT2D eigenvalue weighted by Crippen LogP contribution is 2.44. The van der Waals surface area contributed by atoms with Gasteiger partial charge in [-0.05, 0) is 32.3 Å². The number of ketones is 1. The molecule has 0 amide bonds. The summed E-state index contributed by atoms with van der Waals surface area (Å²) in [5, 5.41) is 0. The first-order valence-electron chi connectivity index (χ1n) is 7.20. The lowest BCUT2D eigenvalue weighted by Crippen LogP contribution is -2.44. The van der Waals surface area contributed by atoms with Crippen LogP contribution in [0.2, 0.25) is 0 Å². The van der Waals surface area contributed by atoms with Crippen LogP contribution in [-0.4, -0.2) is 23.8 Å². The highest BCUT2D eigenvalue weighted by molar-refractivity contribution is 6.03. The topological polar surface area (TPSA) is 38.7 Å². The van der Waals surface area contributed by atoms with Gasteiger partial charge in [-0.15, -0.1) is 0 Å². The number of ether oxygens (including phenoxy) is 1. The summed E-state index contributed by atoms with van der Waals surface area (Å²) in [6.07, 6.45) is 0.552. The molecule has 0 bridgehead atoms. The SMILES string of the molecule is C[C@H]1CC(=O)c2ccccc2[C@@]1(C)C1=NC(C)(C)CO1. The summed E-state index contributed by atoms with van der Waals surface area (Å²) in [4.78, 5) is 17.0. The summed E-state index contributed by atoms with van der Waals surface area (Å²) in [6.45, 7) is 9.04. The van der Waals surface area contributed by atoms with E-state index in [9.17, 15) is 4.79 Å². The summed E-state index contributed by atoms with van der Waals surface area (Å²) in [5.74, 6) is 1.20. The largest absolute Gasteiger partial charge is 0.478 e. The Kier molecular flexibility index (Phi) is 2.79. The van der Waals surface area contributed by atoms with Crippen LogP contribution in [0.15, 0.2) is 29.3 Å². The number of hydrogen-bond donors (Lipinski definition) is 0. The summed E-state index contributed by atoms with van der Waals surface area (Å²) in [5.41, 5.74) is 1.40. The van der Waals surface area contributed by atoms with Crippen LogP contribution < -0.4 is 0 Å². The van der Waals surface area contributed by atoms with E-state index in [0.717, 1.165) is 17.0 Å². The van der Waals surface area contributed by atoms with Crippen LogP contribution in [0.1, 0.15) is 50.0 Å². The number of rotatable bonds is 1. The molecule has 2 atom stereocenters. The second-order valence-corrected chi connectivity index (χ2v) is 6.79. The summed E-state index contributed by atoms with van der Waals surface area (Å²) in [7, 11) is 0. The van der Waals surface area contributed by atoms with Crippen LogP contribution >= 0.6 is 0 Å². The first kappa shape index (κ1) is 13.3. The van der Waals surface area contributed by atoms with E-state index in [1.807, 2.05) is 24.3 Å². The average molecular weight is 271 g/mol. The van der Waals surface area contributed by atoms with Crippen molar-refractivity contribution >= 4 is 11.7 Å². The Labute approximate surface area is 120 Å². The van der Waals surface area contributed by atoms with Gasteiger partial charge in [0.2, 0.25) is 0 Å². The summed E-state index contributed by atoms with van der Waals surface area (Å²) >= 11 is 0. The predicted molar refractivity (Wildman–Crippen MR) is 79.4 cm³/mol. The van der Waals surface area contributed by atoms with Crippen LogP contribution in [0.3, 0.4) is 0 Å². The molecule has 1 aromatic rings. The first-order valence-corrected chi connectivity index (χ1v) is 7.20. The van der Waals surface area contributed by atoms with Gasteiger partial charge in [0.1, 0.15) is 6.61 Å². The van der Waals surface area contributed by atoms with E-state index in [2.05, 4.69) is 27.7 Å². The fraction of sp³-hybridized carbons (Fsp3) is 0.529. The Bertz CT molecular complexity index is 603. The second kappa shape index (κ2) is 4.18. The van der Waals surface area contributed by atoms with Gasteiger partial charge in [-0.3, -0.25) is 4.79 Å². The minimum Gasteiger partial charge on any atom is -0.478 e. The van der Waals surface area contributed by atoms with Crippen LogP contribution in [0.4, 0.5) is 0 Å². The molecule has 20 heavy (non-hydrogen) atoms. The fourth-order valence-corrected chi connectivity index (χ4v) is 3.21. The molecular weight excluding hydrogens is 250 g/mol. The summed E-state index contributed by atoms with van der Waals surface area (Å²) in [6, 6.07) is 7.87. The molecule has 3 heteroatoms. The molecule has 1 aliphatic carbocycles. The van der Waals surface area contributed by atoms with Crippen molar-refractivity contribution in [2.24, 2.45) is 10.9 Å². The predicted octanol–water partition coefficient (Wildman–Crippen LogP) is 3.37. The van der Waals surface area contributed by atoms with Gasteiger partial charge in [0.05, 0.1) is 11.0 Å². The Balaban J connectivity index is 2.17. The van der Waals surface area contributed by atoms with Gasteiger partial charge in [-0.1, -0.05) is 31.2 Å². The summed E-state index contributed by atoms with van der Waals surface area (Å²) < 4.78 is 5.91. The standard InChI is InChI=1S/C17H21NO2/c1-11-9-14(19)12-7-5-6-8-13(12)17(11,4)15-18-16(2,3)10-20-15/h5-8,11H,9-10H2,1-4H3/t11-,17-/m0/s1. The molecular formula is C17H21NO2. The molecule has 0 saturated carbocycles. The third kappa shape index (κ3) is 1.80. The molecule has 0 unspecified atom stereocenters. The zero-order chi connectivity index (χ0) is 14.5. The van der Waals surface area contributed by atoms with Gasteiger partial charge < -0.3 is 4.74 Å². The number of benzene rings is 1. The molecule has 3 rings (SSSR count). The first-order chi connectivity index (χ1) is 9.34. The van der Waals surface area contributed by atoms with E-state index in [4.69, 9.17) is 9.73 Å². The number of hydrogen-bond acceptors (Lipinski definition) is 3. The molecule has 0 radical (unpaired) electrons.